The number of fused-ring (bicyclic) bond motifs is 1. The van der Waals surface area contributed by atoms with Crippen LogP contribution in [-0.4, -0.2) is 57.3 Å². The van der Waals surface area contributed by atoms with E-state index in [0.717, 1.165) is 62.0 Å². The summed E-state index contributed by atoms with van der Waals surface area (Å²) >= 11 is 0. The molecule has 2 N–H and O–H groups in total. The smallest absolute Gasteiger partial charge is 0.191 e. The molecule has 7 heteroatoms. The van der Waals surface area contributed by atoms with Gasteiger partial charge in [0.15, 0.2) is 5.96 Å². The minimum atomic E-state index is 0. The van der Waals surface area contributed by atoms with E-state index in [0.29, 0.717) is 5.92 Å². The number of hydrogen-bond acceptors (Lipinski definition) is 4. The van der Waals surface area contributed by atoms with Gasteiger partial charge in [-0.2, -0.15) is 0 Å². The highest BCUT2D eigenvalue weighted by molar-refractivity contribution is 14.0. The van der Waals surface area contributed by atoms with Crippen LogP contribution in [0.5, 0.6) is 0 Å². The summed E-state index contributed by atoms with van der Waals surface area (Å²) in [5.41, 5.74) is 0.924. The number of furan rings is 1. The standard InChI is InChI=1S/C22H34N4O2.HI/c1-4-23-22(24-16-18-9-11-26(12-10-18)13-14-27-3)25-17(2)21-15-19-7-5-6-8-20(19)28-21;/h5-8,15,17-18H,4,9-14,16H2,1-3H3,(H2,23,24,25);1H. The molecule has 3 rings (SSSR count). The zero-order valence-corrected chi connectivity index (χ0v) is 20.1. The molecule has 6 nitrogen and oxygen atoms in total. The van der Waals surface area contributed by atoms with E-state index in [1.165, 1.54) is 12.8 Å². The highest BCUT2D eigenvalue weighted by Crippen LogP contribution is 2.23. The second-order valence-corrected chi connectivity index (χ2v) is 7.55. The van der Waals surface area contributed by atoms with E-state index < -0.39 is 0 Å². The summed E-state index contributed by atoms with van der Waals surface area (Å²) < 4.78 is 11.2. The van der Waals surface area contributed by atoms with E-state index in [4.69, 9.17) is 14.1 Å². The molecule has 2 heterocycles. The topological polar surface area (TPSA) is 62.0 Å². The number of halogens is 1. The van der Waals surface area contributed by atoms with Crippen molar-refractivity contribution in [1.29, 1.82) is 0 Å². The Morgan fingerprint density at radius 3 is 2.76 bits per heavy atom. The molecule has 1 atom stereocenters. The molecule has 2 aromatic rings. The van der Waals surface area contributed by atoms with Crippen molar-refractivity contribution in [2.24, 2.45) is 10.9 Å². The highest BCUT2D eigenvalue weighted by atomic mass is 127. The van der Waals surface area contributed by atoms with Gasteiger partial charge >= 0.3 is 0 Å². The van der Waals surface area contributed by atoms with E-state index in [1.807, 2.05) is 18.2 Å². The lowest BCUT2D eigenvalue weighted by Crippen LogP contribution is -2.40. The van der Waals surface area contributed by atoms with Gasteiger partial charge < -0.3 is 24.7 Å². The van der Waals surface area contributed by atoms with Gasteiger partial charge in [-0.25, -0.2) is 0 Å². The Morgan fingerprint density at radius 2 is 2.07 bits per heavy atom. The van der Waals surface area contributed by atoms with Gasteiger partial charge in [0.2, 0.25) is 0 Å². The number of aliphatic imine (C=N–C) groups is 1. The molecule has 1 aromatic heterocycles. The molecule has 0 bridgehead atoms. The summed E-state index contributed by atoms with van der Waals surface area (Å²) in [5.74, 6) is 2.44. The molecule has 29 heavy (non-hydrogen) atoms. The first-order valence-corrected chi connectivity index (χ1v) is 10.4. The second kappa shape index (κ2) is 12.4. The van der Waals surface area contributed by atoms with Gasteiger partial charge in [-0.15, -0.1) is 24.0 Å². The van der Waals surface area contributed by atoms with Crippen molar-refractivity contribution >= 4 is 40.9 Å². The summed E-state index contributed by atoms with van der Waals surface area (Å²) in [7, 11) is 1.77. The molecule has 162 valence electrons. The van der Waals surface area contributed by atoms with Crippen LogP contribution in [0.4, 0.5) is 0 Å². The number of rotatable bonds is 8. The average molecular weight is 514 g/mol. The van der Waals surface area contributed by atoms with Gasteiger partial charge in [0, 0.05) is 32.1 Å². The van der Waals surface area contributed by atoms with E-state index in [1.54, 1.807) is 7.11 Å². The molecule has 0 aliphatic carbocycles. The first-order chi connectivity index (χ1) is 13.7. The van der Waals surface area contributed by atoms with Gasteiger partial charge in [-0.05, 0) is 57.8 Å². The number of piperidine rings is 1. The molecule has 0 spiro atoms. The molecule has 0 saturated carbocycles. The Morgan fingerprint density at radius 1 is 1.31 bits per heavy atom. The Hall–Kier alpha value is -1.32. The molecule has 1 aromatic carbocycles. The van der Waals surface area contributed by atoms with Crippen molar-refractivity contribution in [3.63, 3.8) is 0 Å². The number of benzene rings is 1. The number of hydrogen-bond donors (Lipinski definition) is 2. The lowest BCUT2D eigenvalue weighted by Gasteiger charge is -2.31. The van der Waals surface area contributed by atoms with Crippen molar-refractivity contribution in [2.45, 2.75) is 32.7 Å². The Balaban J connectivity index is 0.00000300. The Labute approximate surface area is 191 Å². The molecule has 1 unspecified atom stereocenters. The van der Waals surface area contributed by atoms with E-state index in [9.17, 15) is 0 Å². The first kappa shape index (κ1) is 24.0. The molecule has 1 saturated heterocycles. The van der Waals surface area contributed by atoms with Crippen molar-refractivity contribution in [2.75, 3.05) is 46.4 Å². The minimum absolute atomic E-state index is 0. The van der Waals surface area contributed by atoms with E-state index in [2.05, 4.69) is 41.5 Å². The molecule has 0 radical (unpaired) electrons. The van der Waals surface area contributed by atoms with E-state index in [-0.39, 0.29) is 30.0 Å². The van der Waals surface area contributed by atoms with Gasteiger partial charge in [0.05, 0.1) is 12.6 Å². The molecule has 1 aliphatic heterocycles. The lowest BCUT2D eigenvalue weighted by molar-refractivity contribution is 0.121. The number of nitrogens with one attached hydrogen (secondary N) is 2. The predicted octanol–water partition coefficient (Wildman–Crippen LogP) is 4.03. The Bertz CT molecular complexity index is 723. The molecule has 1 fully saturated rings. The van der Waals surface area contributed by atoms with Crippen LogP contribution >= 0.6 is 24.0 Å². The maximum atomic E-state index is 5.99. The van der Waals surface area contributed by atoms with Crippen LogP contribution in [0, 0.1) is 5.92 Å². The van der Waals surface area contributed by atoms with Crippen LogP contribution in [0.3, 0.4) is 0 Å². The summed E-state index contributed by atoms with van der Waals surface area (Å²) in [6.07, 6.45) is 2.40. The van der Waals surface area contributed by atoms with Gasteiger partial charge in [-0.3, -0.25) is 4.99 Å². The molecular formula is C22H35IN4O2. The fraction of sp³-hybridized carbons (Fsp3) is 0.591. The van der Waals surface area contributed by atoms with Crippen LogP contribution in [-0.2, 0) is 4.74 Å². The zero-order valence-electron chi connectivity index (χ0n) is 17.8. The summed E-state index contributed by atoms with van der Waals surface area (Å²) in [6.45, 7) is 10.0. The zero-order chi connectivity index (χ0) is 19.8. The fourth-order valence-corrected chi connectivity index (χ4v) is 3.65. The van der Waals surface area contributed by atoms with Crippen molar-refractivity contribution < 1.29 is 9.15 Å². The van der Waals surface area contributed by atoms with Crippen LogP contribution < -0.4 is 10.6 Å². The van der Waals surface area contributed by atoms with Crippen LogP contribution in [0.25, 0.3) is 11.0 Å². The number of guanidine groups is 1. The van der Waals surface area contributed by atoms with Crippen LogP contribution in [0.1, 0.15) is 38.5 Å². The van der Waals surface area contributed by atoms with Crippen molar-refractivity contribution in [1.82, 2.24) is 15.5 Å². The summed E-state index contributed by atoms with van der Waals surface area (Å²) in [6, 6.07) is 10.3. The number of likely N-dealkylation sites (tertiary alicyclic amines) is 1. The molecule has 0 amide bonds. The summed E-state index contributed by atoms with van der Waals surface area (Å²) in [4.78, 5) is 7.34. The fourth-order valence-electron chi connectivity index (χ4n) is 3.65. The van der Waals surface area contributed by atoms with Crippen molar-refractivity contribution in [3.8, 4) is 0 Å². The first-order valence-electron chi connectivity index (χ1n) is 10.4. The normalized spacial score (nSPS) is 17.1. The highest BCUT2D eigenvalue weighted by Gasteiger charge is 2.19. The predicted molar refractivity (Wildman–Crippen MR) is 130 cm³/mol. The van der Waals surface area contributed by atoms with E-state index >= 15 is 0 Å². The van der Waals surface area contributed by atoms with Gasteiger partial charge in [-0.1, -0.05) is 18.2 Å². The number of ether oxygens (including phenoxy) is 1. The number of nitrogens with zero attached hydrogens (tertiary/aromatic N) is 2. The number of methoxy groups -OCH3 is 1. The Kier molecular flexibility index (Phi) is 10.2. The minimum Gasteiger partial charge on any atom is -0.459 e. The maximum absolute atomic E-state index is 5.99. The third-order valence-corrected chi connectivity index (χ3v) is 5.40. The summed E-state index contributed by atoms with van der Waals surface area (Å²) in [5, 5.41) is 7.99. The maximum Gasteiger partial charge on any atom is 0.191 e. The van der Waals surface area contributed by atoms with Crippen LogP contribution in [0.2, 0.25) is 0 Å². The quantitative estimate of drug-likeness (QED) is 0.317. The molecule has 1 aliphatic rings. The van der Waals surface area contributed by atoms with Gasteiger partial charge in [0.1, 0.15) is 11.3 Å². The average Bonchev–Trinajstić information content (AvgIpc) is 3.16. The van der Waals surface area contributed by atoms with Crippen molar-refractivity contribution in [3.05, 3.63) is 36.1 Å². The number of para-hydroxylation sites is 1. The van der Waals surface area contributed by atoms with Gasteiger partial charge in [0.25, 0.3) is 0 Å². The third-order valence-electron chi connectivity index (χ3n) is 5.40. The SMILES string of the molecule is CCNC(=NCC1CCN(CCOC)CC1)NC(C)c1cc2ccccc2o1.I. The lowest BCUT2D eigenvalue weighted by atomic mass is 9.97. The third kappa shape index (κ3) is 7.15. The second-order valence-electron chi connectivity index (χ2n) is 7.55. The van der Waals surface area contributed by atoms with Crippen LogP contribution in [0.15, 0.2) is 39.7 Å². The monoisotopic (exact) mass is 514 g/mol. The molecular weight excluding hydrogens is 479 g/mol. The largest absolute Gasteiger partial charge is 0.459 e.